The topological polar surface area (TPSA) is 74.6 Å². The molecule has 0 aromatic heterocycles. The Morgan fingerprint density at radius 1 is 1.05 bits per heavy atom. The van der Waals surface area contributed by atoms with Gasteiger partial charge in [0.1, 0.15) is 0 Å². The lowest BCUT2D eigenvalue weighted by Gasteiger charge is -2.25. The fraction of sp³-hybridized carbons (Fsp3) is 0.235. The summed E-state index contributed by atoms with van der Waals surface area (Å²) in [5.41, 5.74) is 1.63. The van der Waals surface area contributed by atoms with E-state index in [1.807, 2.05) is 26.8 Å². The van der Waals surface area contributed by atoms with E-state index >= 15 is 0 Å². The van der Waals surface area contributed by atoms with Gasteiger partial charge in [-0.15, -0.1) is 0 Å². The third-order valence-electron chi connectivity index (χ3n) is 3.45. The van der Waals surface area contributed by atoms with Crippen molar-refractivity contribution < 1.29 is 18.7 Å². The Kier molecular flexibility index (Phi) is 4.49. The number of hydrogen-bond acceptors (Lipinski definition) is 2. The minimum atomic E-state index is -2.19. The van der Waals surface area contributed by atoms with Crippen molar-refractivity contribution >= 4 is 17.0 Å². The Balaban J connectivity index is 2.90. The van der Waals surface area contributed by atoms with Crippen molar-refractivity contribution in [3.8, 4) is 11.1 Å². The van der Waals surface area contributed by atoms with Crippen LogP contribution in [0.25, 0.3) is 11.1 Å². The van der Waals surface area contributed by atoms with E-state index in [0.29, 0.717) is 11.1 Å². The van der Waals surface area contributed by atoms with Gasteiger partial charge in [-0.1, -0.05) is 51.1 Å². The second kappa shape index (κ2) is 6.02. The Bertz CT molecular complexity index is 745. The predicted octanol–water partition coefficient (Wildman–Crippen LogP) is 3.93. The maximum absolute atomic E-state index is 11.6. The minimum absolute atomic E-state index is 0.130. The summed E-state index contributed by atoms with van der Waals surface area (Å²) < 4.78 is 21.1. The van der Waals surface area contributed by atoms with E-state index in [1.165, 1.54) is 12.1 Å². The van der Waals surface area contributed by atoms with Crippen LogP contribution < -0.4 is 0 Å². The Morgan fingerprint density at radius 3 is 2.23 bits per heavy atom. The third kappa shape index (κ3) is 3.10. The Morgan fingerprint density at radius 2 is 1.68 bits per heavy atom. The fourth-order valence-corrected chi connectivity index (χ4v) is 3.02. The summed E-state index contributed by atoms with van der Waals surface area (Å²) in [6.07, 6.45) is 0. The second-order valence-electron chi connectivity index (χ2n) is 6.03. The summed E-state index contributed by atoms with van der Waals surface area (Å²) in [5.74, 6) is -1.06. The average Bonchev–Trinajstić information content (AvgIpc) is 2.45. The van der Waals surface area contributed by atoms with Crippen molar-refractivity contribution in [1.29, 1.82) is 0 Å². The number of carboxylic acids is 1. The molecule has 2 rings (SSSR count). The molecule has 0 aliphatic heterocycles. The van der Waals surface area contributed by atoms with Gasteiger partial charge >= 0.3 is 5.97 Å². The van der Waals surface area contributed by atoms with Crippen LogP contribution >= 0.6 is 0 Å². The smallest absolute Gasteiger partial charge is 0.336 e. The largest absolute Gasteiger partial charge is 0.478 e. The zero-order valence-electron chi connectivity index (χ0n) is 12.7. The monoisotopic (exact) mass is 318 g/mol. The molecule has 0 heterocycles. The number of hydrogen-bond donors (Lipinski definition) is 2. The van der Waals surface area contributed by atoms with Crippen LogP contribution in [-0.2, 0) is 16.5 Å². The van der Waals surface area contributed by atoms with E-state index in [0.717, 1.165) is 5.56 Å². The number of aromatic carboxylic acids is 1. The molecule has 0 saturated heterocycles. The molecular formula is C17H18O4S. The van der Waals surface area contributed by atoms with Crippen LogP contribution in [0.3, 0.4) is 0 Å². The molecule has 2 N–H and O–H groups in total. The van der Waals surface area contributed by atoms with Crippen molar-refractivity contribution in [2.45, 2.75) is 31.1 Å². The van der Waals surface area contributed by atoms with Crippen LogP contribution in [-0.4, -0.2) is 19.8 Å². The molecule has 4 nitrogen and oxygen atoms in total. The van der Waals surface area contributed by atoms with Crippen LogP contribution in [0.4, 0.5) is 0 Å². The standard InChI is InChI=1S/C17H18O4S/c1-17(2,3)13-9-6-8-12(16(18)19)15(13)11-7-4-5-10-14(11)22(20)21/h4-10H,1-3H3,(H,18,19)(H,20,21). The van der Waals surface area contributed by atoms with Gasteiger partial charge in [0.2, 0.25) is 0 Å². The Labute approximate surface area is 132 Å². The van der Waals surface area contributed by atoms with E-state index < -0.39 is 17.0 Å². The lowest BCUT2D eigenvalue weighted by atomic mass is 9.80. The molecule has 5 heteroatoms. The highest BCUT2D eigenvalue weighted by Gasteiger charge is 2.25. The highest BCUT2D eigenvalue weighted by atomic mass is 32.2. The highest BCUT2D eigenvalue weighted by molar-refractivity contribution is 7.79. The van der Waals surface area contributed by atoms with E-state index in [2.05, 4.69) is 0 Å². The fourth-order valence-electron chi connectivity index (χ4n) is 2.47. The highest BCUT2D eigenvalue weighted by Crippen LogP contribution is 2.38. The molecule has 0 bridgehead atoms. The normalized spacial score (nSPS) is 12.9. The van der Waals surface area contributed by atoms with Gasteiger partial charge in [0.15, 0.2) is 11.1 Å². The van der Waals surface area contributed by atoms with Gasteiger partial charge in [0, 0.05) is 11.1 Å². The van der Waals surface area contributed by atoms with Gasteiger partial charge in [-0.2, -0.15) is 0 Å². The number of carbonyl (C=O) groups is 1. The summed E-state index contributed by atoms with van der Waals surface area (Å²) in [6.45, 7) is 5.95. The lowest BCUT2D eigenvalue weighted by Crippen LogP contribution is -2.16. The molecule has 0 amide bonds. The van der Waals surface area contributed by atoms with Gasteiger partial charge in [-0.05, 0) is 23.1 Å². The quantitative estimate of drug-likeness (QED) is 0.841. The lowest BCUT2D eigenvalue weighted by molar-refractivity contribution is 0.0697. The van der Waals surface area contributed by atoms with Crippen molar-refractivity contribution in [2.75, 3.05) is 0 Å². The number of carboxylic acid groups (broad SMARTS) is 1. The first kappa shape index (κ1) is 16.4. The van der Waals surface area contributed by atoms with Crippen LogP contribution in [0.5, 0.6) is 0 Å². The molecule has 1 unspecified atom stereocenters. The van der Waals surface area contributed by atoms with Crippen LogP contribution in [0, 0.1) is 0 Å². The van der Waals surface area contributed by atoms with Gasteiger partial charge in [-0.25, -0.2) is 9.00 Å². The van der Waals surface area contributed by atoms with E-state index in [4.69, 9.17) is 0 Å². The molecule has 0 aliphatic rings. The molecule has 0 aliphatic carbocycles. The maximum Gasteiger partial charge on any atom is 0.336 e. The van der Waals surface area contributed by atoms with Crippen LogP contribution in [0.15, 0.2) is 47.4 Å². The maximum atomic E-state index is 11.6. The van der Waals surface area contributed by atoms with Gasteiger partial charge in [0.25, 0.3) is 0 Å². The summed E-state index contributed by atoms with van der Waals surface area (Å²) in [4.78, 5) is 11.8. The molecule has 116 valence electrons. The Hall–Kier alpha value is -1.98. The molecule has 2 aromatic rings. The van der Waals surface area contributed by atoms with Crippen molar-refractivity contribution in [3.63, 3.8) is 0 Å². The molecule has 0 fully saturated rings. The van der Waals surface area contributed by atoms with E-state index in [1.54, 1.807) is 24.3 Å². The van der Waals surface area contributed by atoms with Gasteiger partial charge in [0.05, 0.1) is 10.5 Å². The first-order chi connectivity index (χ1) is 10.2. The van der Waals surface area contributed by atoms with Crippen LogP contribution in [0.1, 0.15) is 36.7 Å². The average molecular weight is 318 g/mol. The first-order valence-corrected chi connectivity index (χ1v) is 7.91. The second-order valence-corrected chi connectivity index (χ2v) is 6.97. The van der Waals surface area contributed by atoms with E-state index in [-0.39, 0.29) is 15.9 Å². The molecule has 0 radical (unpaired) electrons. The predicted molar refractivity (Wildman–Crippen MR) is 86.6 cm³/mol. The molecule has 0 spiro atoms. The van der Waals surface area contributed by atoms with Crippen molar-refractivity contribution in [2.24, 2.45) is 0 Å². The van der Waals surface area contributed by atoms with Gasteiger partial charge in [-0.3, -0.25) is 0 Å². The van der Waals surface area contributed by atoms with Crippen LogP contribution in [0.2, 0.25) is 0 Å². The SMILES string of the molecule is CC(C)(C)c1cccc(C(=O)O)c1-c1ccccc1S(=O)O. The van der Waals surface area contributed by atoms with Gasteiger partial charge < -0.3 is 9.66 Å². The van der Waals surface area contributed by atoms with Crippen molar-refractivity contribution in [1.82, 2.24) is 0 Å². The summed E-state index contributed by atoms with van der Waals surface area (Å²) in [7, 11) is 0. The van der Waals surface area contributed by atoms with E-state index in [9.17, 15) is 18.7 Å². The summed E-state index contributed by atoms with van der Waals surface area (Å²) in [6, 6.07) is 11.7. The first-order valence-electron chi connectivity index (χ1n) is 6.80. The third-order valence-corrected chi connectivity index (χ3v) is 4.18. The van der Waals surface area contributed by atoms with Crippen molar-refractivity contribution in [3.05, 3.63) is 53.6 Å². The molecule has 22 heavy (non-hydrogen) atoms. The minimum Gasteiger partial charge on any atom is -0.478 e. The zero-order chi connectivity index (χ0) is 16.5. The zero-order valence-corrected chi connectivity index (χ0v) is 13.5. The molecular weight excluding hydrogens is 300 g/mol. The number of rotatable bonds is 3. The molecule has 1 atom stereocenters. The summed E-state index contributed by atoms with van der Waals surface area (Å²) >= 11 is -2.19. The molecule has 0 saturated carbocycles. The summed E-state index contributed by atoms with van der Waals surface area (Å²) in [5, 5.41) is 9.51. The molecule has 2 aromatic carbocycles. The number of benzene rings is 2.